The van der Waals surface area contributed by atoms with E-state index < -0.39 is 0 Å². The lowest BCUT2D eigenvalue weighted by molar-refractivity contribution is -0.124. The molecule has 0 radical (unpaired) electrons. The summed E-state index contributed by atoms with van der Waals surface area (Å²) < 4.78 is 13.1. The van der Waals surface area contributed by atoms with Crippen LogP contribution in [0.15, 0.2) is 24.3 Å². The van der Waals surface area contributed by atoms with E-state index in [2.05, 4.69) is 15.6 Å². The predicted octanol–water partition coefficient (Wildman–Crippen LogP) is 3.58. The van der Waals surface area contributed by atoms with Gasteiger partial charge in [0.25, 0.3) is 0 Å². The molecule has 4 nitrogen and oxygen atoms in total. The number of carbonyl (C=O) groups is 1. The standard InChI is InChI=1S/C18H22FN3OS/c1-11(21-17(23)15-5-3-4-10-20-15)16-12(2)22-18(24-16)13-6-8-14(19)9-7-13/h6-9,11,15,20H,3-5,10H2,1-2H3,(H,21,23). The molecule has 1 fully saturated rings. The largest absolute Gasteiger partial charge is 0.347 e. The molecule has 2 unspecified atom stereocenters. The van der Waals surface area contributed by atoms with Crippen LogP contribution in [0.1, 0.15) is 42.8 Å². The lowest BCUT2D eigenvalue weighted by atomic mass is 10.0. The Bertz CT molecular complexity index is 708. The second-order valence-electron chi connectivity index (χ2n) is 6.21. The van der Waals surface area contributed by atoms with E-state index in [0.29, 0.717) is 0 Å². The molecule has 1 aromatic heterocycles. The van der Waals surface area contributed by atoms with Gasteiger partial charge in [0.1, 0.15) is 10.8 Å². The molecule has 1 amide bonds. The molecule has 0 bridgehead atoms. The Balaban J connectivity index is 1.71. The summed E-state index contributed by atoms with van der Waals surface area (Å²) in [6.45, 7) is 4.83. The van der Waals surface area contributed by atoms with Crippen molar-refractivity contribution in [3.8, 4) is 10.6 Å². The average molecular weight is 347 g/mol. The van der Waals surface area contributed by atoms with Crippen LogP contribution in [-0.4, -0.2) is 23.5 Å². The molecule has 1 aliphatic rings. The summed E-state index contributed by atoms with van der Waals surface area (Å²) in [6.07, 6.45) is 3.11. The minimum Gasteiger partial charge on any atom is -0.347 e. The topological polar surface area (TPSA) is 54.0 Å². The first-order chi connectivity index (χ1) is 11.5. The van der Waals surface area contributed by atoms with Gasteiger partial charge < -0.3 is 10.6 Å². The van der Waals surface area contributed by atoms with Gasteiger partial charge in [-0.25, -0.2) is 9.37 Å². The number of hydrogen-bond acceptors (Lipinski definition) is 4. The first kappa shape index (κ1) is 17.0. The van der Waals surface area contributed by atoms with Crippen molar-refractivity contribution in [3.63, 3.8) is 0 Å². The number of hydrogen-bond donors (Lipinski definition) is 2. The van der Waals surface area contributed by atoms with E-state index in [0.717, 1.165) is 46.9 Å². The number of nitrogens with one attached hydrogen (secondary N) is 2. The number of aryl methyl sites for hydroxylation is 1. The molecule has 1 aliphatic heterocycles. The Kier molecular flexibility index (Phi) is 5.26. The minimum atomic E-state index is -0.257. The Labute approximate surface area is 145 Å². The van der Waals surface area contributed by atoms with E-state index in [1.165, 1.54) is 12.1 Å². The van der Waals surface area contributed by atoms with Gasteiger partial charge in [-0.1, -0.05) is 6.42 Å². The number of benzene rings is 1. The molecule has 24 heavy (non-hydrogen) atoms. The Morgan fingerprint density at radius 1 is 1.38 bits per heavy atom. The highest BCUT2D eigenvalue weighted by atomic mass is 32.1. The van der Waals surface area contributed by atoms with Crippen molar-refractivity contribution in [1.29, 1.82) is 0 Å². The molecule has 6 heteroatoms. The molecule has 2 heterocycles. The summed E-state index contributed by atoms with van der Waals surface area (Å²) in [5, 5.41) is 7.20. The normalized spacial score (nSPS) is 19.0. The van der Waals surface area contributed by atoms with E-state index in [1.807, 2.05) is 13.8 Å². The van der Waals surface area contributed by atoms with Crippen LogP contribution >= 0.6 is 11.3 Å². The van der Waals surface area contributed by atoms with Gasteiger partial charge in [-0.15, -0.1) is 11.3 Å². The third-order valence-corrected chi connectivity index (χ3v) is 5.69. The van der Waals surface area contributed by atoms with Crippen LogP contribution in [0.3, 0.4) is 0 Å². The lowest BCUT2D eigenvalue weighted by Crippen LogP contribution is -2.47. The average Bonchev–Trinajstić information content (AvgIpc) is 2.98. The van der Waals surface area contributed by atoms with E-state index in [1.54, 1.807) is 23.5 Å². The Morgan fingerprint density at radius 3 is 2.79 bits per heavy atom. The molecular weight excluding hydrogens is 325 g/mol. The van der Waals surface area contributed by atoms with Crippen LogP contribution in [0.4, 0.5) is 4.39 Å². The highest BCUT2D eigenvalue weighted by Crippen LogP contribution is 2.31. The number of halogens is 1. The van der Waals surface area contributed by atoms with Gasteiger partial charge in [0.2, 0.25) is 5.91 Å². The molecule has 2 atom stereocenters. The van der Waals surface area contributed by atoms with Crippen LogP contribution in [0.5, 0.6) is 0 Å². The second kappa shape index (κ2) is 7.40. The maximum Gasteiger partial charge on any atom is 0.237 e. The molecule has 128 valence electrons. The summed E-state index contributed by atoms with van der Waals surface area (Å²) in [5.41, 5.74) is 1.80. The van der Waals surface area contributed by atoms with Crippen LogP contribution in [0.2, 0.25) is 0 Å². The van der Waals surface area contributed by atoms with Crippen LogP contribution < -0.4 is 10.6 Å². The zero-order valence-corrected chi connectivity index (χ0v) is 14.8. The molecule has 2 N–H and O–H groups in total. The third kappa shape index (κ3) is 3.82. The molecule has 1 saturated heterocycles. The lowest BCUT2D eigenvalue weighted by Gasteiger charge is -2.24. The monoisotopic (exact) mass is 347 g/mol. The van der Waals surface area contributed by atoms with Gasteiger partial charge in [0.05, 0.1) is 22.7 Å². The molecule has 3 rings (SSSR count). The maximum atomic E-state index is 13.1. The Morgan fingerprint density at radius 2 is 2.12 bits per heavy atom. The molecule has 1 aromatic carbocycles. The summed E-state index contributed by atoms with van der Waals surface area (Å²) in [5.74, 6) is -0.203. The smallest absolute Gasteiger partial charge is 0.237 e. The second-order valence-corrected chi connectivity index (χ2v) is 7.24. The van der Waals surface area contributed by atoms with Crippen molar-refractivity contribution in [2.75, 3.05) is 6.54 Å². The van der Waals surface area contributed by atoms with Crippen LogP contribution in [0, 0.1) is 12.7 Å². The first-order valence-electron chi connectivity index (χ1n) is 8.31. The van der Waals surface area contributed by atoms with Crippen molar-refractivity contribution in [2.45, 2.75) is 45.2 Å². The quantitative estimate of drug-likeness (QED) is 0.889. The zero-order valence-electron chi connectivity index (χ0n) is 13.9. The maximum absolute atomic E-state index is 13.1. The van der Waals surface area contributed by atoms with Gasteiger partial charge in [0.15, 0.2) is 0 Å². The molecular formula is C18H22FN3OS. The third-order valence-electron chi connectivity index (χ3n) is 4.30. The van der Waals surface area contributed by atoms with E-state index in [9.17, 15) is 9.18 Å². The van der Waals surface area contributed by atoms with Crippen LogP contribution in [0.25, 0.3) is 10.6 Å². The minimum absolute atomic E-state index is 0.0540. The molecule has 0 saturated carbocycles. The number of carbonyl (C=O) groups excluding carboxylic acids is 1. The fourth-order valence-electron chi connectivity index (χ4n) is 2.98. The number of piperidine rings is 1. The van der Waals surface area contributed by atoms with Crippen molar-refractivity contribution in [2.24, 2.45) is 0 Å². The van der Waals surface area contributed by atoms with Gasteiger partial charge >= 0.3 is 0 Å². The number of aromatic nitrogens is 1. The number of rotatable bonds is 4. The zero-order chi connectivity index (χ0) is 17.1. The summed E-state index contributed by atoms with van der Waals surface area (Å²) >= 11 is 1.55. The molecule has 0 spiro atoms. The first-order valence-corrected chi connectivity index (χ1v) is 9.13. The summed E-state index contributed by atoms with van der Waals surface area (Å²) in [6, 6.07) is 6.15. The fourth-order valence-corrected chi connectivity index (χ4v) is 4.05. The van der Waals surface area contributed by atoms with Gasteiger partial charge in [-0.3, -0.25) is 4.79 Å². The highest BCUT2D eigenvalue weighted by Gasteiger charge is 2.23. The van der Waals surface area contributed by atoms with Crippen molar-refractivity contribution >= 4 is 17.2 Å². The number of nitrogens with zero attached hydrogens (tertiary/aromatic N) is 1. The van der Waals surface area contributed by atoms with E-state index in [4.69, 9.17) is 0 Å². The Hall–Kier alpha value is -1.79. The van der Waals surface area contributed by atoms with Crippen molar-refractivity contribution in [3.05, 3.63) is 40.7 Å². The summed E-state index contributed by atoms with van der Waals surface area (Å²) in [7, 11) is 0. The number of amides is 1. The predicted molar refractivity (Wildman–Crippen MR) is 94.4 cm³/mol. The van der Waals surface area contributed by atoms with E-state index in [-0.39, 0.29) is 23.8 Å². The molecule has 0 aliphatic carbocycles. The highest BCUT2D eigenvalue weighted by molar-refractivity contribution is 7.15. The van der Waals surface area contributed by atoms with Gasteiger partial charge in [-0.05, 0) is 57.5 Å². The molecule has 2 aromatic rings. The van der Waals surface area contributed by atoms with Gasteiger partial charge in [-0.2, -0.15) is 0 Å². The number of thiazole rings is 1. The summed E-state index contributed by atoms with van der Waals surface area (Å²) in [4.78, 5) is 18.0. The van der Waals surface area contributed by atoms with E-state index >= 15 is 0 Å². The van der Waals surface area contributed by atoms with Crippen LogP contribution in [-0.2, 0) is 4.79 Å². The SMILES string of the molecule is Cc1nc(-c2ccc(F)cc2)sc1C(C)NC(=O)C1CCCCN1. The van der Waals surface area contributed by atoms with Crippen molar-refractivity contribution in [1.82, 2.24) is 15.6 Å². The fraction of sp³-hybridized carbons (Fsp3) is 0.444. The van der Waals surface area contributed by atoms with Crippen molar-refractivity contribution < 1.29 is 9.18 Å². The van der Waals surface area contributed by atoms with Gasteiger partial charge in [0, 0.05) is 5.56 Å².